The molecule has 4 rings (SSSR count). The monoisotopic (exact) mass is 444 g/mol. The molecule has 2 aromatic carbocycles. The molecule has 0 unspecified atom stereocenters. The molecule has 2 heterocycles. The SMILES string of the molecule is O=C(c1cccs1)N(Cc1cccc(Cl)c1)C[C@H]1CC(c2ccc(Cl)cc2)=NO1. The lowest BCUT2D eigenvalue weighted by molar-refractivity contribution is 0.0408. The highest BCUT2D eigenvalue weighted by atomic mass is 35.5. The molecule has 148 valence electrons. The van der Waals surface area contributed by atoms with Gasteiger partial charge in [-0.15, -0.1) is 11.3 Å². The van der Waals surface area contributed by atoms with Gasteiger partial charge in [0.1, 0.15) is 0 Å². The van der Waals surface area contributed by atoms with Gasteiger partial charge in [0.25, 0.3) is 5.91 Å². The molecule has 4 nitrogen and oxygen atoms in total. The highest BCUT2D eigenvalue weighted by molar-refractivity contribution is 7.12. The van der Waals surface area contributed by atoms with Crippen LogP contribution in [0.2, 0.25) is 10.0 Å². The van der Waals surface area contributed by atoms with E-state index < -0.39 is 0 Å². The zero-order valence-electron chi connectivity index (χ0n) is 15.4. The van der Waals surface area contributed by atoms with Crippen LogP contribution in [0.5, 0.6) is 0 Å². The molecule has 0 saturated carbocycles. The molecule has 0 spiro atoms. The van der Waals surface area contributed by atoms with Crippen molar-refractivity contribution in [3.05, 3.63) is 92.1 Å². The van der Waals surface area contributed by atoms with Crippen molar-refractivity contribution in [2.75, 3.05) is 6.54 Å². The Bertz CT molecular complexity index is 1020. The quantitative estimate of drug-likeness (QED) is 0.475. The molecule has 1 aliphatic heterocycles. The smallest absolute Gasteiger partial charge is 0.264 e. The lowest BCUT2D eigenvalue weighted by atomic mass is 10.0. The van der Waals surface area contributed by atoms with E-state index in [0.29, 0.717) is 34.4 Å². The fourth-order valence-corrected chi connectivity index (χ4v) is 4.25. The van der Waals surface area contributed by atoms with E-state index in [1.54, 1.807) is 4.90 Å². The number of hydrogen-bond donors (Lipinski definition) is 0. The van der Waals surface area contributed by atoms with Gasteiger partial charge in [-0.05, 0) is 46.8 Å². The molecular weight excluding hydrogens is 427 g/mol. The van der Waals surface area contributed by atoms with Gasteiger partial charge in [0.15, 0.2) is 6.10 Å². The predicted octanol–water partition coefficient (Wildman–Crippen LogP) is 5.89. The van der Waals surface area contributed by atoms with Crippen LogP contribution in [-0.2, 0) is 11.4 Å². The third-order valence-corrected chi connectivity index (χ3v) is 5.96. The number of benzene rings is 2. The molecule has 0 fully saturated rings. The summed E-state index contributed by atoms with van der Waals surface area (Å²) in [4.78, 5) is 21.2. The summed E-state index contributed by atoms with van der Waals surface area (Å²) in [6, 6.07) is 18.8. The summed E-state index contributed by atoms with van der Waals surface area (Å²) >= 11 is 13.5. The molecule has 0 saturated heterocycles. The highest BCUT2D eigenvalue weighted by Crippen LogP contribution is 2.22. The van der Waals surface area contributed by atoms with Crippen LogP contribution in [-0.4, -0.2) is 29.2 Å². The fraction of sp³-hybridized carbons (Fsp3) is 0.182. The standard InChI is InChI=1S/C22H18Cl2N2O2S/c23-17-8-6-16(7-9-17)20-12-19(28-25-20)14-26(22(27)21-5-2-10-29-21)13-15-3-1-4-18(24)11-15/h1-11,19H,12-14H2/t19-/m1/s1. The van der Waals surface area contributed by atoms with Gasteiger partial charge in [-0.25, -0.2) is 0 Å². The van der Waals surface area contributed by atoms with Gasteiger partial charge >= 0.3 is 0 Å². The Morgan fingerprint density at radius 2 is 1.93 bits per heavy atom. The van der Waals surface area contributed by atoms with Gasteiger partial charge in [0.05, 0.1) is 17.1 Å². The Balaban J connectivity index is 1.48. The first-order chi connectivity index (χ1) is 14.1. The van der Waals surface area contributed by atoms with Crippen LogP contribution in [0.4, 0.5) is 0 Å². The first kappa shape index (κ1) is 20.0. The normalized spacial score (nSPS) is 15.7. The van der Waals surface area contributed by atoms with Gasteiger partial charge in [-0.2, -0.15) is 0 Å². The molecule has 3 aromatic rings. The summed E-state index contributed by atoms with van der Waals surface area (Å²) in [5.74, 6) is -0.0245. The van der Waals surface area contributed by atoms with E-state index in [1.807, 2.05) is 66.0 Å². The second-order valence-electron chi connectivity index (χ2n) is 6.77. The largest absolute Gasteiger partial charge is 0.390 e. The van der Waals surface area contributed by atoms with Crippen molar-refractivity contribution in [3.8, 4) is 0 Å². The molecule has 1 atom stereocenters. The van der Waals surface area contributed by atoms with Crippen molar-refractivity contribution >= 4 is 46.2 Å². The Kier molecular flexibility index (Phi) is 6.19. The van der Waals surface area contributed by atoms with E-state index in [0.717, 1.165) is 16.8 Å². The summed E-state index contributed by atoms with van der Waals surface area (Å²) in [6.07, 6.45) is 0.426. The van der Waals surface area contributed by atoms with Gasteiger partial charge < -0.3 is 9.74 Å². The van der Waals surface area contributed by atoms with Gasteiger partial charge in [0.2, 0.25) is 0 Å². The molecule has 1 amide bonds. The van der Waals surface area contributed by atoms with E-state index in [1.165, 1.54) is 11.3 Å². The van der Waals surface area contributed by atoms with Crippen LogP contribution in [0.15, 0.2) is 71.2 Å². The Hall–Kier alpha value is -2.34. The average molecular weight is 445 g/mol. The minimum Gasteiger partial charge on any atom is -0.390 e. The van der Waals surface area contributed by atoms with Crippen molar-refractivity contribution in [2.45, 2.75) is 19.1 Å². The van der Waals surface area contributed by atoms with E-state index in [4.69, 9.17) is 28.0 Å². The summed E-state index contributed by atoms with van der Waals surface area (Å²) < 4.78 is 0. The lowest BCUT2D eigenvalue weighted by Crippen LogP contribution is -2.37. The maximum atomic E-state index is 13.1. The zero-order valence-corrected chi connectivity index (χ0v) is 17.8. The molecule has 7 heteroatoms. The van der Waals surface area contributed by atoms with Crippen LogP contribution in [0, 0.1) is 0 Å². The van der Waals surface area contributed by atoms with Crippen molar-refractivity contribution in [2.24, 2.45) is 5.16 Å². The summed E-state index contributed by atoms with van der Waals surface area (Å²) in [5.41, 5.74) is 2.81. The van der Waals surface area contributed by atoms with Crippen molar-refractivity contribution in [1.29, 1.82) is 0 Å². The summed E-state index contributed by atoms with van der Waals surface area (Å²) in [5, 5.41) is 7.46. The number of carbonyl (C=O) groups is 1. The van der Waals surface area contributed by atoms with Crippen molar-refractivity contribution in [3.63, 3.8) is 0 Å². The molecular formula is C22H18Cl2N2O2S. The highest BCUT2D eigenvalue weighted by Gasteiger charge is 2.27. The number of halogens is 2. The summed E-state index contributed by atoms with van der Waals surface area (Å²) in [6.45, 7) is 0.886. The molecule has 0 aliphatic carbocycles. The fourth-order valence-electron chi connectivity index (χ4n) is 3.22. The first-order valence-corrected chi connectivity index (χ1v) is 10.8. The Labute approximate surface area is 183 Å². The third-order valence-electron chi connectivity index (χ3n) is 4.62. The maximum absolute atomic E-state index is 13.1. The number of rotatable bonds is 6. The van der Waals surface area contributed by atoms with Gasteiger partial charge in [0, 0.05) is 23.0 Å². The van der Waals surface area contributed by atoms with Gasteiger partial charge in [-0.1, -0.05) is 58.7 Å². The number of hydrogen-bond acceptors (Lipinski definition) is 4. The van der Waals surface area contributed by atoms with Crippen LogP contribution in [0.3, 0.4) is 0 Å². The van der Waals surface area contributed by atoms with E-state index >= 15 is 0 Å². The Morgan fingerprint density at radius 1 is 1.10 bits per heavy atom. The van der Waals surface area contributed by atoms with Crippen molar-refractivity contribution < 1.29 is 9.63 Å². The van der Waals surface area contributed by atoms with E-state index in [9.17, 15) is 4.79 Å². The number of nitrogens with zero attached hydrogens (tertiary/aromatic N) is 2. The van der Waals surface area contributed by atoms with Gasteiger partial charge in [-0.3, -0.25) is 4.79 Å². The third kappa shape index (κ3) is 4.99. The average Bonchev–Trinajstić information content (AvgIpc) is 3.40. The lowest BCUT2D eigenvalue weighted by Gasteiger charge is -2.24. The minimum atomic E-state index is -0.205. The summed E-state index contributed by atoms with van der Waals surface area (Å²) in [7, 11) is 0. The molecule has 1 aliphatic rings. The molecule has 29 heavy (non-hydrogen) atoms. The second kappa shape index (κ2) is 8.99. The zero-order chi connectivity index (χ0) is 20.2. The van der Waals surface area contributed by atoms with Crippen LogP contribution >= 0.6 is 34.5 Å². The number of thiophene rings is 1. The van der Waals surface area contributed by atoms with Crippen LogP contribution in [0.25, 0.3) is 0 Å². The van der Waals surface area contributed by atoms with Crippen LogP contribution in [0.1, 0.15) is 27.2 Å². The maximum Gasteiger partial charge on any atom is 0.264 e. The molecule has 0 radical (unpaired) electrons. The Morgan fingerprint density at radius 3 is 2.66 bits per heavy atom. The number of amides is 1. The molecule has 0 N–H and O–H groups in total. The predicted molar refractivity (Wildman–Crippen MR) is 118 cm³/mol. The molecule has 1 aromatic heterocycles. The number of oxime groups is 1. The first-order valence-electron chi connectivity index (χ1n) is 9.14. The van der Waals surface area contributed by atoms with E-state index in [2.05, 4.69) is 5.16 Å². The minimum absolute atomic E-state index is 0.0245. The van der Waals surface area contributed by atoms with Crippen molar-refractivity contribution in [1.82, 2.24) is 4.90 Å². The van der Waals surface area contributed by atoms with Crippen LogP contribution < -0.4 is 0 Å². The topological polar surface area (TPSA) is 41.9 Å². The number of carbonyl (C=O) groups excluding carboxylic acids is 1. The van der Waals surface area contributed by atoms with E-state index in [-0.39, 0.29) is 12.0 Å². The second-order valence-corrected chi connectivity index (χ2v) is 8.59. The molecule has 0 bridgehead atoms.